The molecule has 0 aliphatic carbocycles. The quantitative estimate of drug-likeness (QED) is 0.415. The molecule has 2 aromatic carbocycles. The Morgan fingerprint density at radius 3 is 2.48 bits per heavy atom. The number of H-pyrrole nitrogens is 1. The number of hydrogen-bond acceptors (Lipinski definition) is 5. The number of benzene rings is 2. The van der Waals surface area contributed by atoms with Crippen molar-refractivity contribution in [3.8, 4) is 17.3 Å². The number of carbonyl (C=O) groups excluding carboxylic acids is 1. The van der Waals surface area contributed by atoms with Crippen molar-refractivity contribution in [2.24, 2.45) is 0 Å². The van der Waals surface area contributed by atoms with E-state index in [2.05, 4.69) is 9.97 Å². The summed E-state index contributed by atoms with van der Waals surface area (Å²) in [5.74, 6) is -0.614. The number of halogens is 1. The molecule has 134 valence electrons. The molecule has 3 aromatic rings. The average molecular weight is 379 g/mol. The number of thioether (sulfide) groups is 1. The molecule has 0 fully saturated rings. The zero-order valence-corrected chi connectivity index (χ0v) is 15.1. The summed E-state index contributed by atoms with van der Waals surface area (Å²) in [7, 11) is 0. The average Bonchev–Trinajstić information content (AvgIpc) is 2.67. The molecule has 0 bridgehead atoms. The van der Waals surface area contributed by atoms with E-state index in [4.69, 9.17) is 0 Å². The second kappa shape index (κ2) is 7.98. The zero-order chi connectivity index (χ0) is 19.4. The summed E-state index contributed by atoms with van der Waals surface area (Å²) in [5, 5.41) is 9.53. The smallest absolute Gasteiger partial charge is 0.270 e. The van der Waals surface area contributed by atoms with Crippen molar-refractivity contribution >= 4 is 17.5 Å². The largest absolute Gasteiger partial charge is 0.300 e. The third-order valence-corrected chi connectivity index (χ3v) is 4.71. The molecular formula is C20H14FN3O2S. The number of rotatable bonds is 5. The first-order chi connectivity index (χ1) is 13.0. The molecule has 3 rings (SSSR count). The van der Waals surface area contributed by atoms with Crippen molar-refractivity contribution in [3.63, 3.8) is 0 Å². The molecule has 0 saturated heterocycles. The Labute approximate surface area is 158 Å². The van der Waals surface area contributed by atoms with Gasteiger partial charge in [0.2, 0.25) is 0 Å². The van der Waals surface area contributed by atoms with Crippen LogP contribution >= 0.6 is 11.8 Å². The van der Waals surface area contributed by atoms with E-state index in [0.717, 1.165) is 17.3 Å². The molecule has 0 aliphatic heterocycles. The van der Waals surface area contributed by atoms with Gasteiger partial charge in [0, 0.05) is 11.1 Å². The van der Waals surface area contributed by atoms with Crippen LogP contribution in [0.3, 0.4) is 0 Å². The van der Waals surface area contributed by atoms with Crippen molar-refractivity contribution < 1.29 is 9.18 Å². The lowest BCUT2D eigenvalue weighted by Crippen LogP contribution is -2.15. The van der Waals surface area contributed by atoms with Crippen LogP contribution in [0.5, 0.6) is 0 Å². The van der Waals surface area contributed by atoms with Crippen molar-refractivity contribution in [1.82, 2.24) is 9.97 Å². The maximum absolute atomic E-state index is 13.0. The van der Waals surface area contributed by atoms with Gasteiger partial charge in [0.05, 0.1) is 11.4 Å². The fourth-order valence-electron chi connectivity index (χ4n) is 2.40. The van der Waals surface area contributed by atoms with Crippen LogP contribution in [-0.2, 0) is 0 Å². The highest BCUT2D eigenvalue weighted by atomic mass is 32.2. The van der Waals surface area contributed by atoms with Crippen LogP contribution in [0.1, 0.15) is 21.5 Å². The first-order valence-corrected chi connectivity index (χ1v) is 8.99. The maximum atomic E-state index is 13.0. The fourth-order valence-corrected chi connectivity index (χ4v) is 3.15. The number of hydrogen-bond donors (Lipinski definition) is 1. The van der Waals surface area contributed by atoms with Crippen molar-refractivity contribution in [2.75, 3.05) is 5.75 Å². The Morgan fingerprint density at radius 2 is 1.85 bits per heavy atom. The zero-order valence-electron chi connectivity index (χ0n) is 14.3. The van der Waals surface area contributed by atoms with Crippen LogP contribution in [0.15, 0.2) is 58.5 Å². The Kier molecular flexibility index (Phi) is 5.48. The normalized spacial score (nSPS) is 10.4. The fraction of sp³-hybridized carbons (Fsp3) is 0.100. The second-order valence-electron chi connectivity index (χ2n) is 5.79. The highest BCUT2D eigenvalue weighted by Gasteiger charge is 2.15. The molecule has 0 atom stereocenters. The minimum atomic E-state index is -0.556. The summed E-state index contributed by atoms with van der Waals surface area (Å²) in [5.41, 5.74) is 1.71. The molecule has 0 saturated carbocycles. The molecule has 7 heteroatoms. The number of Topliss-reactive ketones (excluding diaryl/α,β-unsaturated/α-hetero) is 1. The summed E-state index contributed by atoms with van der Waals surface area (Å²) in [6, 6.07) is 14.4. The lowest BCUT2D eigenvalue weighted by molar-refractivity contribution is 0.102. The van der Waals surface area contributed by atoms with Crippen LogP contribution in [0.2, 0.25) is 0 Å². The number of aromatic amines is 1. The minimum absolute atomic E-state index is 0.0216. The standard InChI is InChI=1S/C20H14FN3O2S/c1-12-2-4-14(5-3-12)18-16(10-22)19(26)24-20(23-18)27-11-17(25)13-6-8-15(21)9-7-13/h2-9H,11H2,1H3,(H,23,24,26). The number of ketones is 1. The van der Waals surface area contributed by atoms with E-state index >= 15 is 0 Å². The van der Waals surface area contributed by atoms with Gasteiger partial charge in [-0.3, -0.25) is 9.59 Å². The molecule has 1 heterocycles. The van der Waals surface area contributed by atoms with Crippen LogP contribution in [0.25, 0.3) is 11.3 Å². The van der Waals surface area contributed by atoms with Gasteiger partial charge in [-0.05, 0) is 31.2 Å². The van der Waals surface area contributed by atoms with E-state index in [9.17, 15) is 19.2 Å². The number of nitriles is 1. The maximum Gasteiger partial charge on any atom is 0.270 e. The van der Waals surface area contributed by atoms with Gasteiger partial charge in [-0.2, -0.15) is 5.26 Å². The lowest BCUT2D eigenvalue weighted by Gasteiger charge is -2.07. The topological polar surface area (TPSA) is 86.6 Å². The Morgan fingerprint density at radius 1 is 1.19 bits per heavy atom. The third kappa shape index (κ3) is 4.30. The number of carbonyl (C=O) groups is 1. The number of nitrogens with one attached hydrogen (secondary N) is 1. The monoisotopic (exact) mass is 379 g/mol. The van der Waals surface area contributed by atoms with Crippen molar-refractivity contribution in [2.45, 2.75) is 12.1 Å². The van der Waals surface area contributed by atoms with Gasteiger partial charge in [-0.25, -0.2) is 9.37 Å². The van der Waals surface area contributed by atoms with Crippen LogP contribution in [0, 0.1) is 24.1 Å². The van der Waals surface area contributed by atoms with E-state index in [-0.39, 0.29) is 27.9 Å². The summed E-state index contributed by atoms with van der Waals surface area (Å²) in [4.78, 5) is 31.3. The van der Waals surface area contributed by atoms with Gasteiger partial charge < -0.3 is 4.98 Å². The number of nitrogens with zero attached hydrogens (tertiary/aromatic N) is 2. The van der Waals surface area contributed by atoms with E-state index < -0.39 is 11.4 Å². The summed E-state index contributed by atoms with van der Waals surface area (Å²) in [6.45, 7) is 1.93. The summed E-state index contributed by atoms with van der Waals surface area (Å²) >= 11 is 1.05. The van der Waals surface area contributed by atoms with Gasteiger partial charge in [0.1, 0.15) is 17.4 Å². The number of aromatic nitrogens is 2. The number of aryl methyl sites for hydroxylation is 1. The van der Waals surface area contributed by atoms with Crippen molar-refractivity contribution in [3.05, 3.63) is 81.4 Å². The molecule has 0 aliphatic rings. The van der Waals surface area contributed by atoms with Crippen LogP contribution in [-0.4, -0.2) is 21.5 Å². The first kappa shape index (κ1) is 18.5. The predicted octanol–water partition coefficient (Wildman–Crippen LogP) is 3.73. The molecule has 1 N–H and O–H groups in total. The lowest BCUT2D eigenvalue weighted by atomic mass is 10.1. The Balaban J connectivity index is 1.87. The van der Waals surface area contributed by atoms with Gasteiger partial charge in [-0.15, -0.1) is 0 Å². The second-order valence-corrected chi connectivity index (χ2v) is 6.76. The molecular weight excluding hydrogens is 365 g/mol. The molecule has 1 aromatic heterocycles. The predicted molar refractivity (Wildman–Crippen MR) is 101 cm³/mol. The molecule has 27 heavy (non-hydrogen) atoms. The van der Waals surface area contributed by atoms with Gasteiger partial charge in [0.25, 0.3) is 5.56 Å². The van der Waals surface area contributed by atoms with Gasteiger partial charge in [-0.1, -0.05) is 41.6 Å². The van der Waals surface area contributed by atoms with E-state index in [1.165, 1.54) is 24.3 Å². The van der Waals surface area contributed by atoms with E-state index in [1.54, 1.807) is 12.1 Å². The van der Waals surface area contributed by atoms with Crippen molar-refractivity contribution in [1.29, 1.82) is 5.26 Å². The van der Waals surface area contributed by atoms with Crippen LogP contribution < -0.4 is 5.56 Å². The molecule has 0 amide bonds. The van der Waals surface area contributed by atoms with Crippen LogP contribution in [0.4, 0.5) is 4.39 Å². The minimum Gasteiger partial charge on any atom is -0.300 e. The molecule has 5 nitrogen and oxygen atoms in total. The molecule has 0 radical (unpaired) electrons. The summed E-state index contributed by atoms with van der Waals surface area (Å²) in [6.07, 6.45) is 0. The highest BCUT2D eigenvalue weighted by Crippen LogP contribution is 2.23. The SMILES string of the molecule is Cc1ccc(-c2nc(SCC(=O)c3ccc(F)cc3)[nH]c(=O)c2C#N)cc1. The first-order valence-electron chi connectivity index (χ1n) is 8.01. The Bertz CT molecular complexity index is 1080. The Hall–Kier alpha value is -3.24. The van der Waals surface area contributed by atoms with Gasteiger partial charge >= 0.3 is 0 Å². The van der Waals surface area contributed by atoms with E-state index in [1.807, 2.05) is 25.1 Å². The molecule has 0 spiro atoms. The highest BCUT2D eigenvalue weighted by molar-refractivity contribution is 7.99. The summed E-state index contributed by atoms with van der Waals surface area (Å²) < 4.78 is 13.0. The van der Waals surface area contributed by atoms with Gasteiger partial charge in [0.15, 0.2) is 10.9 Å². The van der Waals surface area contributed by atoms with E-state index in [0.29, 0.717) is 11.1 Å². The molecule has 0 unspecified atom stereocenters. The third-order valence-electron chi connectivity index (χ3n) is 3.84.